The van der Waals surface area contributed by atoms with Crippen LogP contribution in [-0.4, -0.2) is 23.7 Å². The fraction of sp³-hybridized carbons (Fsp3) is 0.500. The average molecular weight is 274 g/mol. The van der Waals surface area contributed by atoms with Gasteiger partial charge in [-0.1, -0.05) is 0 Å². The first-order chi connectivity index (χ1) is 7.16. The minimum atomic E-state index is -0.856. The minimum Gasteiger partial charge on any atom is -0.481 e. The standard InChI is InChI=1S/C10H12BrNO3/c11-9-4-3-8(15-9)7(10(13)14)5-12-6-1-2-6/h3-4,6-7,12H,1-2,5H2,(H,13,14). The molecule has 1 aromatic rings. The third-order valence-electron chi connectivity index (χ3n) is 2.42. The zero-order valence-corrected chi connectivity index (χ0v) is 9.66. The van der Waals surface area contributed by atoms with E-state index in [4.69, 9.17) is 9.52 Å². The first-order valence-corrected chi connectivity index (χ1v) is 5.67. The van der Waals surface area contributed by atoms with Gasteiger partial charge in [-0.3, -0.25) is 4.79 Å². The summed E-state index contributed by atoms with van der Waals surface area (Å²) in [5.41, 5.74) is 0. The van der Waals surface area contributed by atoms with Gasteiger partial charge in [-0.15, -0.1) is 0 Å². The maximum atomic E-state index is 11.0. The minimum absolute atomic E-state index is 0.431. The lowest BCUT2D eigenvalue weighted by atomic mass is 10.1. The molecule has 4 nitrogen and oxygen atoms in total. The molecule has 82 valence electrons. The second-order valence-corrected chi connectivity index (χ2v) is 4.50. The molecule has 1 heterocycles. The van der Waals surface area contributed by atoms with Gasteiger partial charge in [0.05, 0.1) is 0 Å². The number of furan rings is 1. The van der Waals surface area contributed by atoms with E-state index in [-0.39, 0.29) is 0 Å². The highest BCUT2D eigenvalue weighted by Gasteiger charge is 2.27. The number of halogens is 1. The molecule has 1 aliphatic rings. The smallest absolute Gasteiger partial charge is 0.315 e. The molecule has 1 saturated carbocycles. The van der Waals surface area contributed by atoms with Crippen LogP contribution in [0, 0.1) is 0 Å². The summed E-state index contributed by atoms with van der Waals surface area (Å²) in [5, 5.41) is 12.2. The predicted octanol–water partition coefficient (Wildman–Crippen LogP) is 1.96. The van der Waals surface area contributed by atoms with Crippen molar-refractivity contribution in [3.8, 4) is 0 Å². The Morgan fingerprint density at radius 3 is 2.87 bits per heavy atom. The molecule has 0 saturated heterocycles. The fourth-order valence-electron chi connectivity index (χ4n) is 1.40. The summed E-state index contributed by atoms with van der Waals surface area (Å²) in [6.07, 6.45) is 2.29. The summed E-state index contributed by atoms with van der Waals surface area (Å²) >= 11 is 3.16. The van der Waals surface area contributed by atoms with Crippen molar-refractivity contribution in [3.63, 3.8) is 0 Å². The van der Waals surface area contributed by atoms with Gasteiger partial charge in [0, 0.05) is 12.6 Å². The topological polar surface area (TPSA) is 62.5 Å². The molecule has 0 spiro atoms. The quantitative estimate of drug-likeness (QED) is 0.861. The number of aliphatic carboxylic acids is 1. The van der Waals surface area contributed by atoms with Crippen LogP contribution in [-0.2, 0) is 4.79 Å². The van der Waals surface area contributed by atoms with Gasteiger partial charge in [0.2, 0.25) is 0 Å². The fourth-order valence-corrected chi connectivity index (χ4v) is 1.72. The van der Waals surface area contributed by atoms with Crippen molar-refractivity contribution in [2.24, 2.45) is 0 Å². The number of carboxylic acids is 1. The van der Waals surface area contributed by atoms with Gasteiger partial charge in [-0.2, -0.15) is 0 Å². The van der Waals surface area contributed by atoms with Crippen molar-refractivity contribution < 1.29 is 14.3 Å². The van der Waals surface area contributed by atoms with Crippen LogP contribution in [0.25, 0.3) is 0 Å². The van der Waals surface area contributed by atoms with E-state index in [1.807, 2.05) is 0 Å². The van der Waals surface area contributed by atoms with E-state index in [1.165, 1.54) is 0 Å². The Kier molecular flexibility index (Phi) is 3.11. The molecule has 5 heteroatoms. The molecule has 0 radical (unpaired) electrons. The van der Waals surface area contributed by atoms with Crippen LogP contribution >= 0.6 is 15.9 Å². The van der Waals surface area contributed by atoms with Crippen LogP contribution in [0.5, 0.6) is 0 Å². The number of rotatable bonds is 5. The first kappa shape index (κ1) is 10.7. The normalized spacial score (nSPS) is 17.7. The maximum absolute atomic E-state index is 11.0. The van der Waals surface area contributed by atoms with Gasteiger partial charge in [-0.25, -0.2) is 0 Å². The summed E-state index contributed by atoms with van der Waals surface area (Å²) in [5.74, 6) is -0.968. The van der Waals surface area contributed by atoms with Crippen molar-refractivity contribution in [1.82, 2.24) is 5.32 Å². The predicted molar refractivity (Wildman–Crippen MR) is 57.8 cm³/mol. The van der Waals surface area contributed by atoms with E-state index in [1.54, 1.807) is 12.1 Å². The Bertz CT molecular complexity index is 359. The van der Waals surface area contributed by atoms with Gasteiger partial charge in [0.25, 0.3) is 0 Å². The van der Waals surface area contributed by atoms with Crippen molar-refractivity contribution in [3.05, 3.63) is 22.6 Å². The third kappa shape index (κ3) is 2.82. The number of hydrogen-bond acceptors (Lipinski definition) is 3. The van der Waals surface area contributed by atoms with Crippen LogP contribution in [0.2, 0.25) is 0 Å². The zero-order valence-electron chi connectivity index (χ0n) is 8.07. The molecular weight excluding hydrogens is 262 g/mol. The lowest BCUT2D eigenvalue weighted by Gasteiger charge is -2.10. The Morgan fingerprint density at radius 1 is 1.67 bits per heavy atom. The Morgan fingerprint density at radius 2 is 2.40 bits per heavy atom. The summed E-state index contributed by atoms with van der Waals surface area (Å²) in [6.45, 7) is 0.431. The summed E-state index contributed by atoms with van der Waals surface area (Å²) in [6, 6.07) is 3.91. The van der Waals surface area contributed by atoms with Gasteiger partial charge in [0.15, 0.2) is 4.67 Å². The molecule has 1 aliphatic carbocycles. The van der Waals surface area contributed by atoms with Gasteiger partial charge < -0.3 is 14.8 Å². The molecule has 1 unspecified atom stereocenters. The van der Waals surface area contributed by atoms with Crippen LogP contribution in [0.1, 0.15) is 24.5 Å². The number of nitrogens with one attached hydrogen (secondary N) is 1. The van der Waals surface area contributed by atoms with Crippen LogP contribution < -0.4 is 5.32 Å². The molecule has 1 aromatic heterocycles. The lowest BCUT2D eigenvalue weighted by molar-refractivity contribution is -0.139. The number of hydrogen-bond donors (Lipinski definition) is 2. The Hall–Kier alpha value is -0.810. The van der Waals surface area contributed by atoms with E-state index in [2.05, 4.69) is 21.2 Å². The highest BCUT2D eigenvalue weighted by Crippen LogP contribution is 2.24. The average Bonchev–Trinajstić information content (AvgIpc) is 2.89. The van der Waals surface area contributed by atoms with E-state index < -0.39 is 11.9 Å². The van der Waals surface area contributed by atoms with Crippen molar-refractivity contribution in [1.29, 1.82) is 0 Å². The van der Waals surface area contributed by atoms with Gasteiger partial charge >= 0.3 is 5.97 Å². The highest BCUT2D eigenvalue weighted by molar-refractivity contribution is 9.10. The lowest BCUT2D eigenvalue weighted by Crippen LogP contribution is -2.27. The number of carboxylic acid groups (broad SMARTS) is 1. The SMILES string of the molecule is O=C(O)C(CNC1CC1)c1ccc(Br)o1. The molecule has 2 N–H and O–H groups in total. The Labute approximate surface area is 95.8 Å². The van der Waals surface area contributed by atoms with Crippen molar-refractivity contribution in [2.45, 2.75) is 24.8 Å². The molecule has 2 rings (SSSR count). The number of carbonyl (C=O) groups is 1. The van der Waals surface area contributed by atoms with E-state index in [0.29, 0.717) is 23.0 Å². The monoisotopic (exact) mass is 273 g/mol. The van der Waals surface area contributed by atoms with E-state index in [0.717, 1.165) is 12.8 Å². The van der Waals surface area contributed by atoms with E-state index >= 15 is 0 Å². The van der Waals surface area contributed by atoms with Crippen LogP contribution in [0.4, 0.5) is 0 Å². The summed E-state index contributed by atoms with van der Waals surface area (Å²) in [4.78, 5) is 11.0. The first-order valence-electron chi connectivity index (χ1n) is 4.88. The third-order valence-corrected chi connectivity index (χ3v) is 2.85. The second-order valence-electron chi connectivity index (χ2n) is 3.72. The van der Waals surface area contributed by atoms with Crippen molar-refractivity contribution >= 4 is 21.9 Å². The molecule has 1 atom stereocenters. The summed E-state index contributed by atoms with van der Waals surface area (Å²) < 4.78 is 5.82. The maximum Gasteiger partial charge on any atom is 0.315 e. The zero-order chi connectivity index (χ0) is 10.8. The molecular formula is C10H12BrNO3. The molecule has 0 aliphatic heterocycles. The molecule has 0 bridgehead atoms. The molecule has 0 amide bonds. The highest BCUT2D eigenvalue weighted by atomic mass is 79.9. The second kappa shape index (κ2) is 4.37. The van der Waals surface area contributed by atoms with Gasteiger partial charge in [-0.05, 0) is 40.9 Å². The summed E-state index contributed by atoms with van der Waals surface area (Å²) in [7, 11) is 0. The molecule has 0 aromatic carbocycles. The van der Waals surface area contributed by atoms with E-state index in [9.17, 15) is 4.79 Å². The Balaban J connectivity index is 2.01. The molecule has 1 fully saturated rings. The molecule has 15 heavy (non-hydrogen) atoms. The van der Waals surface area contributed by atoms with Crippen LogP contribution in [0.3, 0.4) is 0 Å². The van der Waals surface area contributed by atoms with Crippen molar-refractivity contribution in [2.75, 3.05) is 6.54 Å². The van der Waals surface area contributed by atoms with Crippen LogP contribution in [0.15, 0.2) is 21.2 Å². The van der Waals surface area contributed by atoms with Gasteiger partial charge in [0.1, 0.15) is 11.7 Å². The largest absolute Gasteiger partial charge is 0.481 e.